The SMILES string of the molecule is Nc1c(N(Cc2ccccc2)C(=O)c2cc(-c3cccnc3)on2)c(=O)[nH]c(=O)n1Cc1ccccc1. The molecule has 0 saturated heterocycles. The Morgan fingerprint density at radius 2 is 1.68 bits per heavy atom. The van der Waals surface area contributed by atoms with Crippen molar-refractivity contribution >= 4 is 17.4 Å². The number of carbonyl (C=O) groups excluding carboxylic acids is 1. The number of nitrogen functional groups attached to an aromatic ring is 1. The Bertz CT molecular complexity index is 1640. The van der Waals surface area contributed by atoms with Gasteiger partial charge in [-0.3, -0.25) is 29.0 Å². The van der Waals surface area contributed by atoms with Crippen molar-refractivity contribution < 1.29 is 9.32 Å². The van der Waals surface area contributed by atoms with E-state index < -0.39 is 17.2 Å². The molecule has 3 heterocycles. The van der Waals surface area contributed by atoms with Gasteiger partial charge in [0.25, 0.3) is 11.5 Å². The van der Waals surface area contributed by atoms with Crippen LogP contribution in [0.3, 0.4) is 0 Å². The van der Waals surface area contributed by atoms with Gasteiger partial charge in [0.2, 0.25) is 0 Å². The van der Waals surface area contributed by atoms with Gasteiger partial charge < -0.3 is 10.3 Å². The van der Waals surface area contributed by atoms with E-state index in [1.165, 1.54) is 15.5 Å². The number of nitrogens with one attached hydrogen (secondary N) is 1. The van der Waals surface area contributed by atoms with Crippen molar-refractivity contribution in [1.29, 1.82) is 0 Å². The minimum atomic E-state index is -0.785. The third-order valence-corrected chi connectivity index (χ3v) is 5.77. The molecule has 3 aromatic heterocycles. The van der Waals surface area contributed by atoms with Crippen molar-refractivity contribution in [1.82, 2.24) is 19.7 Å². The zero-order valence-corrected chi connectivity index (χ0v) is 19.6. The lowest BCUT2D eigenvalue weighted by molar-refractivity contribution is 0.0976. The van der Waals surface area contributed by atoms with Crippen molar-refractivity contribution in [3.8, 4) is 11.3 Å². The quantitative estimate of drug-likeness (QED) is 0.354. The van der Waals surface area contributed by atoms with Crippen LogP contribution >= 0.6 is 0 Å². The number of carbonyl (C=O) groups is 1. The molecule has 10 heteroatoms. The zero-order valence-electron chi connectivity index (χ0n) is 19.6. The van der Waals surface area contributed by atoms with E-state index in [0.29, 0.717) is 11.3 Å². The molecule has 0 aliphatic rings. The molecule has 3 N–H and O–H groups in total. The standard InChI is InChI=1S/C27H22N6O4/c28-24-23(25(34)30-27(36)33(24)17-19-10-5-2-6-11-19)32(16-18-8-3-1-4-9-18)26(35)21-14-22(37-31-21)20-12-7-13-29-15-20/h1-15H,16-17,28H2,(H,30,34,36). The van der Waals surface area contributed by atoms with Crippen LogP contribution in [0.4, 0.5) is 11.5 Å². The van der Waals surface area contributed by atoms with E-state index in [1.54, 1.807) is 24.5 Å². The fraction of sp³-hybridized carbons (Fsp3) is 0.0741. The molecule has 37 heavy (non-hydrogen) atoms. The van der Waals surface area contributed by atoms with Crippen LogP contribution in [0.15, 0.2) is 105 Å². The third-order valence-electron chi connectivity index (χ3n) is 5.77. The second-order valence-electron chi connectivity index (χ2n) is 8.26. The van der Waals surface area contributed by atoms with Crippen molar-refractivity contribution in [2.45, 2.75) is 13.1 Å². The molecule has 0 aliphatic heterocycles. The first kappa shape index (κ1) is 23.5. The summed E-state index contributed by atoms with van der Waals surface area (Å²) in [7, 11) is 0. The summed E-state index contributed by atoms with van der Waals surface area (Å²) in [6.07, 6.45) is 3.20. The average molecular weight is 495 g/mol. The van der Waals surface area contributed by atoms with Gasteiger partial charge in [0, 0.05) is 24.0 Å². The smallest absolute Gasteiger partial charge is 0.330 e. The topological polar surface area (TPSA) is 140 Å². The molecular formula is C27H22N6O4. The first-order valence-corrected chi connectivity index (χ1v) is 11.4. The Morgan fingerprint density at radius 1 is 0.973 bits per heavy atom. The first-order chi connectivity index (χ1) is 18.0. The largest absolute Gasteiger partial charge is 0.383 e. The molecule has 0 saturated carbocycles. The van der Waals surface area contributed by atoms with E-state index >= 15 is 0 Å². The number of aromatic amines is 1. The van der Waals surface area contributed by atoms with Crippen molar-refractivity contribution in [2.24, 2.45) is 0 Å². The van der Waals surface area contributed by atoms with Gasteiger partial charge in [0.05, 0.1) is 13.1 Å². The summed E-state index contributed by atoms with van der Waals surface area (Å²) < 4.78 is 6.60. The number of H-pyrrole nitrogens is 1. The average Bonchev–Trinajstić information content (AvgIpc) is 3.42. The van der Waals surface area contributed by atoms with E-state index in [1.807, 2.05) is 60.7 Å². The summed E-state index contributed by atoms with van der Waals surface area (Å²) in [6, 6.07) is 23.3. The van der Waals surface area contributed by atoms with Gasteiger partial charge in [-0.25, -0.2) is 4.79 Å². The molecule has 184 valence electrons. The second-order valence-corrected chi connectivity index (χ2v) is 8.26. The maximum atomic E-state index is 13.7. The van der Waals surface area contributed by atoms with Crippen LogP contribution < -0.4 is 21.9 Å². The van der Waals surface area contributed by atoms with Gasteiger partial charge in [-0.1, -0.05) is 65.8 Å². The summed E-state index contributed by atoms with van der Waals surface area (Å²) >= 11 is 0. The predicted molar refractivity (Wildman–Crippen MR) is 138 cm³/mol. The molecule has 5 rings (SSSR count). The minimum absolute atomic E-state index is 0.00554. The van der Waals surface area contributed by atoms with Gasteiger partial charge in [-0.05, 0) is 23.3 Å². The summed E-state index contributed by atoms with van der Waals surface area (Å²) in [6.45, 7) is 0.114. The number of amides is 1. The fourth-order valence-corrected chi connectivity index (χ4v) is 3.94. The number of hydrogen-bond acceptors (Lipinski definition) is 7. The van der Waals surface area contributed by atoms with Crippen LogP contribution in [0.5, 0.6) is 0 Å². The molecule has 0 bridgehead atoms. The number of benzene rings is 2. The molecule has 10 nitrogen and oxygen atoms in total. The number of rotatable bonds is 7. The van der Waals surface area contributed by atoms with Crippen LogP contribution in [-0.4, -0.2) is 25.6 Å². The normalized spacial score (nSPS) is 10.8. The monoisotopic (exact) mass is 494 g/mol. The van der Waals surface area contributed by atoms with Crippen LogP contribution in [-0.2, 0) is 13.1 Å². The molecule has 5 aromatic rings. The lowest BCUT2D eigenvalue weighted by atomic mass is 10.1. The summed E-state index contributed by atoms with van der Waals surface area (Å²) in [5.74, 6) is -0.422. The number of aromatic nitrogens is 4. The molecule has 0 spiro atoms. The highest BCUT2D eigenvalue weighted by Gasteiger charge is 2.28. The van der Waals surface area contributed by atoms with Gasteiger partial charge in [-0.2, -0.15) is 0 Å². The molecule has 0 atom stereocenters. The molecular weight excluding hydrogens is 472 g/mol. The van der Waals surface area contributed by atoms with E-state index in [2.05, 4.69) is 15.1 Å². The Morgan fingerprint density at radius 3 is 2.35 bits per heavy atom. The van der Waals surface area contributed by atoms with E-state index in [-0.39, 0.29) is 30.3 Å². The number of hydrogen-bond donors (Lipinski definition) is 2. The Hall–Kier alpha value is -5.25. The first-order valence-electron chi connectivity index (χ1n) is 11.4. The minimum Gasteiger partial charge on any atom is -0.383 e. The van der Waals surface area contributed by atoms with Gasteiger partial charge in [0.15, 0.2) is 17.1 Å². The van der Waals surface area contributed by atoms with E-state index in [9.17, 15) is 14.4 Å². The van der Waals surface area contributed by atoms with Crippen LogP contribution in [0, 0.1) is 0 Å². The van der Waals surface area contributed by atoms with Crippen molar-refractivity contribution in [2.75, 3.05) is 10.6 Å². The summed E-state index contributed by atoms with van der Waals surface area (Å²) in [4.78, 5) is 47.1. The van der Waals surface area contributed by atoms with Gasteiger partial charge in [0.1, 0.15) is 5.82 Å². The molecule has 0 aliphatic carbocycles. The zero-order chi connectivity index (χ0) is 25.8. The Balaban J connectivity index is 1.60. The molecule has 1 amide bonds. The van der Waals surface area contributed by atoms with Crippen molar-refractivity contribution in [3.63, 3.8) is 0 Å². The molecule has 2 aromatic carbocycles. The molecule has 0 unspecified atom stereocenters. The van der Waals surface area contributed by atoms with Crippen LogP contribution in [0.1, 0.15) is 21.6 Å². The predicted octanol–water partition coefficient (Wildman–Crippen LogP) is 3.06. The third kappa shape index (κ3) is 4.94. The number of nitrogens with two attached hydrogens (primary N) is 1. The molecule has 0 fully saturated rings. The second kappa shape index (κ2) is 10.2. The van der Waals surface area contributed by atoms with Gasteiger partial charge in [-0.15, -0.1) is 0 Å². The maximum absolute atomic E-state index is 13.7. The molecule has 0 radical (unpaired) electrons. The van der Waals surface area contributed by atoms with E-state index in [0.717, 1.165) is 11.1 Å². The number of nitrogens with zero attached hydrogens (tertiary/aromatic N) is 4. The van der Waals surface area contributed by atoms with Crippen LogP contribution in [0.25, 0.3) is 11.3 Å². The highest BCUT2D eigenvalue weighted by atomic mass is 16.5. The Kier molecular flexibility index (Phi) is 6.45. The van der Waals surface area contributed by atoms with Crippen LogP contribution in [0.2, 0.25) is 0 Å². The number of anilines is 2. The lowest BCUT2D eigenvalue weighted by Crippen LogP contribution is -2.41. The van der Waals surface area contributed by atoms with Crippen molar-refractivity contribution in [3.05, 3.63) is 129 Å². The number of pyridine rings is 1. The highest BCUT2D eigenvalue weighted by molar-refractivity contribution is 6.06. The maximum Gasteiger partial charge on any atom is 0.330 e. The summed E-state index contributed by atoms with van der Waals surface area (Å²) in [5.41, 5.74) is 6.92. The van der Waals surface area contributed by atoms with E-state index in [4.69, 9.17) is 10.3 Å². The van der Waals surface area contributed by atoms with Gasteiger partial charge >= 0.3 is 5.69 Å². The highest BCUT2D eigenvalue weighted by Crippen LogP contribution is 2.25. The summed E-state index contributed by atoms with van der Waals surface area (Å²) in [5, 5.41) is 3.93. The fourth-order valence-electron chi connectivity index (χ4n) is 3.94. The Labute approximate surface area is 210 Å². The lowest BCUT2D eigenvalue weighted by Gasteiger charge is -2.24.